The zero-order chi connectivity index (χ0) is 20.8. The third-order valence-corrected chi connectivity index (χ3v) is 13.6. The molecule has 0 radical (unpaired) electrons. The fraction of sp³-hybridized carbons (Fsp3) is 0. The van der Waals surface area contributed by atoms with E-state index in [0.717, 1.165) is 0 Å². The van der Waals surface area contributed by atoms with Crippen LogP contribution in [-0.2, 0) is 0 Å². The Balaban J connectivity index is 1.99. The second-order valence-electron chi connectivity index (χ2n) is 8.16. The predicted molar refractivity (Wildman–Crippen MR) is 136 cm³/mol. The third kappa shape index (κ3) is 2.13. The molecule has 0 nitrogen and oxygen atoms in total. The van der Waals surface area contributed by atoms with Crippen LogP contribution in [0.25, 0.3) is 11.1 Å². The van der Waals surface area contributed by atoms with Crippen LogP contribution in [-0.4, -0.2) is 0 Å². The van der Waals surface area contributed by atoms with E-state index in [4.69, 9.17) is 0 Å². The topological polar surface area (TPSA) is 0 Å². The maximum absolute atomic E-state index is 3.18. The summed E-state index contributed by atoms with van der Waals surface area (Å²) in [7, 11) is 0. The molecule has 0 spiro atoms. The average molecular weight is 414 g/mol. The fourth-order valence-electron chi connectivity index (χ4n) is 5.77. The average Bonchev–Trinajstić information content (AvgIpc) is 3.15. The molecule has 0 fully saturated rings. The van der Waals surface area contributed by atoms with Crippen molar-refractivity contribution in [3.8, 4) is 11.1 Å². The van der Waals surface area contributed by atoms with E-state index in [-0.39, 0.29) is 0 Å². The van der Waals surface area contributed by atoms with E-state index in [0.29, 0.717) is 0 Å². The van der Waals surface area contributed by atoms with Gasteiger partial charge < -0.3 is 0 Å². The van der Waals surface area contributed by atoms with Gasteiger partial charge in [0.15, 0.2) is 0 Å². The summed E-state index contributed by atoms with van der Waals surface area (Å²) in [5.74, 6) is 0. The zero-order valence-electron chi connectivity index (χ0n) is 17.2. The van der Waals surface area contributed by atoms with Crippen LogP contribution in [0.5, 0.6) is 0 Å². The number of hydrogen-bond acceptors (Lipinski definition) is 0. The van der Waals surface area contributed by atoms with Crippen LogP contribution in [0.2, 0.25) is 0 Å². The minimum atomic E-state index is -3.18. The van der Waals surface area contributed by atoms with Crippen molar-refractivity contribution < 1.29 is 0 Å². The number of benzene rings is 5. The summed E-state index contributed by atoms with van der Waals surface area (Å²) < 4.78 is 0. The fourth-order valence-corrected chi connectivity index (χ4v) is 13.0. The molecule has 5 aromatic carbocycles. The Labute approximate surface area is 183 Å². The van der Waals surface area contributed by atoms with Crippen LogP contribution in [0.15, 0.2) is 140 Å². The summed E-state index contributed by atoms with van der Waals surface area (Å²) in [5, 5.41) is 7.06. The molecule has 0 bridgehead atoms. The molecule has 0 unspecified atom stereocenters. The van der Waals surface area contributed by atoms with E-state index in [1.165, 1.54) is 37.6 Å². The van der Waals surface area contributed by atoms with Gasteiger partial charge in [-0.2, -0.15) is 0 Å². The molecule has 5 aromatic rings. The van der Waals surface area contributed by atoms with Crippen molar-refractivity contribution in [2.24, 2.45) is 0 Å². The summed E-state index contributed by atoms with van der Waals surface area (Å²) in [6.45, 7) is -3.18. The number of rotatable bonds is 3. The Kier molecular flexibility index (Phi) is 4.00. The van der Waals surface area contributed by atoms with Gasteiger partial charge in [0.25, 0.3) is 0 Å². The van der Waals surface area contributed by atoms with Gasteiger partial charge in [-0.15, -0.1) is 0 Å². The Morgan fingerprint density at radius 3 is 0.935 bits per heavy atom. The van der Waals surface area contributed by atoms with Crippen LogP contribution >= 0.6 is 6.60 Å². The van der Waals surface area contributed by atoms with E-state index in [1.807, 2.05) is 0 Å². The molecule has 0 N–H and O–H groups in total. The third-order valence-electron chi connectivity index (χ3n) is 6.88. The van der Waals surface area contributed by atoms with Crippen LogP contribution in [0, 0.1) is 0 Å². The molecule has 148 valence electrons. The standard InChI is InChI=1S/C30H23P/c1-4-14-24(15-5-1)31(25-16-6-2-7-17-25,26-18-8-3-9-19-26)29-22-12-10-20-27(29)28-21-11-13-23-30(28)31/h1-23H. The summed E-state index contributed by atoms with van der Waals surface area (Å²) in [4.78, 5) is 0. The van der Waals surface area contributed by atoms with Crippen molar-refractivity contribution in [1.82, 2.24) is 0 Å². The molecular weight excluding hydrogens is 391 g/mol. The van der Waals surface area contributed by atoms with Crippen LogP contribution in [0.1, 0.15) is 0 Å². The first-order chi connectivity index (χ1) is 15.4. The molecule has 0 aliphatic carbocycles. The van der Waals surface area contributed by atoms with Crippen molar-refractivity contribution in [1.29, 1.82) is 0 Å². The Morgan fingerprint density at radius 2 is 0.581 bits per heavy atom. The summed E-state index contributed by atoms with van der Waals surface area (Å²) >= 11 is 0. The Hall–Kier alpha value is -3.47. The molecule has 0 saturated carbocycles. The molecule has 6 rings (SSSR count). The van der Waals surface area contributed by atoms with E-state index in [2.05, 4.69) is 140 Å². The van der Waals surface area contributed by atoms with E-state index in [1.54, 1.807) is 0 Å². The summed E-state index contributed by atoms with van der Waals surface area (Å²) in [6, 6.07) is 51.7. The van der Waals surface area contributed by atoms with Crippen LogP contribution in [0.4, 0.5) is 0 Å². The zero-order valence-corrected chi connectivity index (χ0v) is 18.1. The van der Waals surface area contributed by atoms with Gasteiger partial charge in [-0.3, -0.25) is 0 Å². The van der Waals surface area contributed by atoms with Gasteiger partial charge >= 0.3 is 184 Å². The molecule has 31 heavy (non-hydrogen) atoms. The minimum absolute atomic E-state index is 1.35. The predicted octanol–water partition coefficient (Wildman–Crippen LogP) is 5.15. The summed E-state index contributed by atoms with van der Waals surface area (Å²) in [5.41, 5.74) is 2.71. The second kappa shape index (κ2) is 6.77. The molecule has 0 saturated heterocycles. The maximum atomic E-state index is 2.38. The van der Waals surface area contributed by atoms with E-state index < -0.39 is 6.60 Å². The molecule has 1 aliphatic rings. The van der Waals surface area contributed by atoms with Gasteiger partial charge in [0.2, 0.25) is 0 Å². The van der Waals surface area contributed by atoms with Crippen molar-refractivity contribution in [3.05, 3.63) is 140 Å². The van der Waals surface area contributed by atoms with Crippen molar-refractivity contribution in [2.45, 2.75) is 0 Å². The van der Waals surface area contributed by atoms with E-state index in [9.17, 15) is 0 Å². The Bertz CT molecular complexity index is 1220. The second-order valence-corrected chi connectivity index (χ2v) is 12.9. The first-order valence-corrected chi connectivity index (χ1v) is 13.0. The van der Waals surface area contributed by atoms with Gasteiger partial charge in [0.1, 0.15) is 0 Å². The SMILES string of the molecule is c1ccc(P2(c3ccccc3)(c3ccccc3)c3ccccc3-c3ccccc32)cc1. The van der Waals surface area contributed by atoms with Crippen molar-refractivity contribution >= 4 is 33.1 Å². The molecule has 0 aromatic heterocycles. The molecule has 1 heterocycles. The van der Waals surface area contributed by atoms with Crippen LogP contribution in [0.3, 0.4) is 0 Å². The molecule has 0 atom stereocenters. The summed E-state index contributed by atoms with van der Waals surface area (Å²) in [6.07, 6.45) is 0. The molecule has 1 heteroatoms. The first-order valence-electron chi connectivity index (χ1n) is 10.8. The van der Waals surface area contributed by atoms with Gasteiger partial charge in [-0.25, -0.2) is 0 Å². The van der Waals surface area contributed by atoms with Crippen molar-refractivity contribution in [3.63, 3.8) is 0 Å². The normalized spacial score (nSPS) is 16.5. The van der Waals surface area contributed by atoms with Gasteiger partial charge in [0, 0.05) is 0 Å². The van der Waals surface area contributed by atoms with Gasteiger partial charge in [-0.1, -0.05) is 0 Å². The molecule has 0 amide bonds. The number of hydrogen-bond donors (Lipinski definition) is 0. The molecular formula is C30H23P. The monoisotopic (exact) mass is 414 g/mol. The Morgan fingerprint density at radius 1 is 0.290 bits per heavy atom. The van der Waals surface area contributed by atoms with Crippen LogP contribution < -0.4 is 26.5 Å². The first kappa shape index (κ1) is 18.3. The number of fused-ring (bicyclic) bond motifs is 3. The van der Waals surface area contributed by atoms with Crippen molar-refractivity contribution in [2.75, 3.05) is 0 Å². The quantitative estimate of drug-likeness (QED) is 0.352. The van der Waals surface area contributed by atoms with Gasteiger partial charge in [0.05, 0.1) is 0 Å². The van der Waals surface area contributed by atoms with Gasteiger partial charge in [-0.05, 0) is 0 Å². The molecule has 1 aliphatic heterocycles. The van der Waals surface area contributed by atoms with E-state index >= 15 is 0 Å².